The summed E-state index contributed by atoms with van der Waals surface area (Å²) in [7, 11) is 0. The van der Waals surface area contributed by atoms with E-state index in [4.69, 9.17) is 11.6 Å². The maximum absolute atomic E-state index is 10.7. The molecule has 0 aromatic carbocycles. The first-order valence-electron chi connectivity index (χ1n) is 5.14. The first-order chi connectivity index (χ1) is 7.65. The van der Waals surface area contributed by atoms with E-state index < -0.39 is 4.92 Å². The number of nitro groups is 1. The zero-order valence-electron chi connectivity index (χ0n) is 8.56. The second-order valence-electron chi connectivity index (χ2n) is 3.77. The lowest BCUT2D eigenvalue weighted by atomic mass is 10.4. The molecule has 1 aromatic rings. The number of nitrogens with zero attached hydrogens (tertiary/aromatic N) is 2. The van der Waals surface area contributed by atoms with Gasteiger partial charge in [0.05, 0.1) is 11.0 Å². The molecule has 2 rings (SSSR count). The summed E-state index contributed by atoms with van der Waals surface area (Å²) in [6.45, 7) is 0. The van der Waals surface area contributed by atoms with Crippen LogP contribution in [0.25, 0.3) is 0 Å². The van der Waals surface area contributed by atoms with Crippen LogP contribution in [0.4, 0.5) is 5.69 Å². The van der Waals surface area contributed by atoms with Crippen LogP contribution in [0.5, 0.6) is 0 Å². The van der Waals surface area contributed by atoms with Crippen molar-refractivity contribution in [2.75, 3.05) is 0 Å². The first kappa shape index (κ1) is 11.7. The molecule has 6 heteroatoms. The molecule has 0 radical (unpaired) electrons. The number of halogens is 1. The van der Waals surface area contributed by atoms with Gasteiger partial charge in [0.25, 0.3) is 5.69 Å². The average molecular weight is 259 g/mol. The van der Waals surface area contributed by atoms with Gasteiger partial charge in [-0.2, -0.15) is 0 Å². The third kappa shape index (κ3) is 2.86. The van der Waals surface area contributed by atoms with E-state index >= 15 is 0 Å². The number of hydrogen-bond donors (Lipinski definition) is 0. The van der Waals surface area contributed by atoms with Crippen molar-refractivity contribution >= 4 is 29.1 Å². The number of hydrogen-bond acceptors (Lipinski definition) is 4. The molecular weight excluding hydrogens is 248 g/mol. The van der Waals surface area contributed by atoms with Crippen LogP contribution in [0.2, 0.25) is 5.15 Å². The Labute approximate surface area is 103 Å². The summed E-state index contributed by atoms with van der Waals surface area (Å²) in [5.74, 6) is 0. The molecular formula is C10H11ClN2O2S. The van der Waals surface area contributed by atoms with Crippen LogP contribution in [-0.4, -0.2) is 15.2 Å². The summed E-state index contributed by atoms with van der Waals surface area (Å²) in [5, 5.41) is 12.0. The topological polar surface area (TPSA) is 56.0 Å². The lowest BCUT2D eigenvalue weighted by Gasteiger charge is -2.07. The maximum Gasteiger partial charge on any atom is 0.275 e. The molecule has 16 heavy (non-hydrogen) atoms. The Hall–Kier alpha value is -0.810. The highest BCUT2D eigenvalue weighted by molar-refractivity contribution is 7.99. The zero-order chi connectivity index (χ0) is 11.5. The van der Waals surface area contributed by atoms with Crippen LogP contribution < -0.4 is 0 Å². The van der Waals surface area contributed by atoms with E-state index in [1.165, 1.54) is 25.0 Å². The van der Waals surface area contributed by atoms with Gasteiger partial charge in [-0.3, -0.25) is 10.1 Å². The predicted octanol–water partition coefficient (Wildman–Crippen LogP) is 3.68. The van der Waals surface area contributed by atoms with E-state index in [0.29, 0.717) is 10.3 Å². The molecule has 1 saturated carbocycles. The van der Waals surface area contributed by atoms with Crippen LogP contribution in [-0.2, 0) is 0 Å². The van der Waals surface area contributed by atoms with Crippen molar-refractivity contribution in [2.45, 2.75) is 36.0 Å². The zero-order valence-corrected chi connectivity index (χ0v) is 10.1. The molecule has 0 unspecified atom stereocenters. The molecule has 0 atom stereocenters. The third-order valence-corrected chi connectivity index (χ3v) is 4.00. The number of aromatic nitrogens is 1. The van der Waals surface area contributed by atoms with Gasteiger partial charge in [0.2, 0.25) is 0 Å². The highest BCUT2D eigenvalue weighted by atomic mass is 35.5. The van der Waals surface area contributed by atoms with E-state index in [1.807, 2.05) is 0 Å². The minimum atomic E-state index is -0.438. The van der Waals surface area contributed by atoms with Gasteiger partial charge >= 0.3 is 0 Å². The lowest BCUT2D eigenvalue weighted by molar-refractivity contribution is -0.385. The van der Waals surface area contributed by atoms with E-state index in [1.54, 1.807) is 11.8 Å². The summed E-state index contributed by atoms with van der Waals surface area (Å²) in [4.78, 5) is 14.3. The Morgan fingerprint density at radius 1 is 1.44 bits per heavy atom. The van der Waals surface area contributed by atoms with Crippen molar-refractivity contribution in [3.63, 3.8) is 0 Å². The summed E-state index contributed by atoms with van der Waals surface area (Å²) in [6.07, 6.45) is 4.79. The van der Waals surface area contributed by atoms with Crippen molar-refractivity contribution < 1.29 is 4.92 Å². The molecule has 1 fully saturated rings. The molecule has 1 aliphatic rings. The van der Waals surface area contributed by atoms with E-state index in [9.17, 15) is 10.1 Å². The average Bonchev–Trinajstić information content (AvgIpc) is 2.69. The molecule has 1 heterocycles. The van der Waals surface area contributed by atoms with Crippen LogP contribution in [0, 0.1) is 10.1 Å². The molecule has 1 aliphatic carbocycles. The Balaban J connectivity index is 2.16. The largest absolute Gasteiger partial charge is 0.275 e. The Morgan fingerprint density at radius 3 is 2.75 bits per heavy atom. The monoisotopic (exact) mass is 258 g/mol. The molecule has 0 N–H and O–H groups in total. The second kappa shape index (κ2) is 5.01. The van der Waals surface area contributed by atoms with Gasteiger partial charge < -0.3 is 0 Å². The summed E-state index contributed by atoms with van der Waals surface area (Å²) in [6, 6.07) is 2.77. The van der Waals surface area contributed by atoms with Crippen LogP contribution in [0.15, 0.2) is 17.2 Å². The molecule has 0 bridgehead atoms. The quantitative estimate of drug-likeness (QED) is 0.471. The molecule has 86 valence electrons. The molecule has 4 nitrogen and oxygen atoms in total. The third-order valence-electron chi connectivity index (χ3n) is 2.56. The Morgan fingerprint density at radius 2 is 2.12 bits per heavy atom. The highest BCUT2D eigenvalue weighted by Crippen LogP contribution is 2.35. The SMILES string of the molecule is O=[N+]([O-])c1cc(Cl)nc(SC2CCCC2)c1. The molecule has 0 spiro atoms. The fourth-order valence-corrected chi connectivity index (χ4v) is 3.31. The standard InChI is InChI=1S/C10H11ClN2O2S/c11-9-5-7(13(14)15)6-10(12-9)16-8-3-1-2-4-8/h5-6,8H,1-4H2. The molecule has 0 aliphatic heterocycles. The second-order valence-corrected chi connectivity index (χ2v) is 5.48. The molecule has 0 amide bonds. The van der Waals surface area contributed by atoms with Crippen LogP contribution in [0.1, 0.15) is 25.7 Å². The van der Waals surface area contributed by atoms with Gasteiger partial charge in [0.15, 0.2) is 0 Å². The van der Waals surface area contributed by atoms with Crippen LogP contribution >= 0.6 is 23.4 Å². The number of thioether (sulfide) groups is 1. The summed E-state index contributed by atoms with van der Waals surface area (Å²) >= 11 is 7.35. The first-order valence-corrected chi connectivity index (χ1v) is 6.39. The fraction of sp³-hybridized carbons (Fsp3) is 0.500. The van der Waals surface area contributed by atoms with E-state index in [2.05, 4.69) is 4.98 Å². The van der Waals surface area contributed by atoms with E-state index in [0.717, 1.165) is 12.8 Å². The highest BCUT2D eigenvalue weighted by Gasteiger charge is 2.18. The smallest absolute Gasteiger partial charge is 0.258 e. The van der Waals surface area contributed by atoms with Gasteiger partial charge in [-0.05, 0) is 12.8 Å². The predicted molar refractivity (Wildman–Crippen MR) is 64.0 cm³/mol. The van der Waals surface area contributed by atoms with Crippen molar-refractivity contribution in [1.82, 2.24) is 4.98 Å². The Kier molecular flexibility index (Phi) is 3.66. The van der Waals surface area contributed by atoms with Gasteiger partial charge in [-0.25, -0.2) is 4.98 Å². The summed E-state index contributed by atoms with van der Waals surface area (Å²) in [5.41, 5.74) is 0.0143. The number of rotatable bonds is 3. The van der Waals surface area contributed by atoms with Gasteiger partial charge in [-0.15, -0.1) is 11.8 Å². The van der Waals surface area contributed by atoms with Gasteiger partial charge in [0.1, 0.15) is 10.2 Å². The fourth-order valence-electron chi connectivity index (χ4n) is 1.80. The Bertz CT molecular complexity index is 408. The lowest BCUT2D eigenvalue weighted by Crippen LogP contribution is -1.96. The van der Waals surface area contributed by atoms with Gasteiger partial charge in [-0.1, -0.05) is 24.4 Å². The van der Waals surface area contributed by atoms with Crippen LogP contribution in [0.3, 0.4) is 0 Å². The minimum absolute atomic E-state index is 0.0143. The normalized spacial score (nSPS) is 16.6. The maximum atomic E-state index is 10.7. The van der Waals surface area contributed by atoms with Crippen molar-refractivity contribution in [1.29, 1.82) is 0 Å². The number of pyridine rings is 1. The van der Waals surface area contributed by atoms with Crippen molar-refractivity contribution in [3.05, 3.63) is 27.4 Å². The minimum Gasteiger partial charge on any atom is -0.258 e. The van der Waals surface area contributed by atoms with Crippen molar-refractivity contribution in [3.8, 4) is 0 Å². The molecule has 1 aromatic heterocycles. The molecule has 0 saturated heterocycles. The van der Waals surface area contributed by atoms with E-state index in [-0.39, 0.29) is 10.8 Å². The summed E-state index contributed by atoms with van der Waals surface area (Å²) < 4.78 is 0. The van der Waals surface area contributed by atoms with Crippen molar-refractivity contribution in [2.24, 2.45) is 0 Å². The van der Waals surface area contributed by atoms with Gasteiger partial charge in [0, 0.05) is 11.3 Å².